The van der Waals surface area contributed by atoms with Crippen LogP contribution in [0.1, 0.15) is 43.1 Å². The molecule has 0 saturated heterocycles. The highest BCUT2D eigenvalue weighted by molar-refractivity contribution is 6.14. The van der Waals surface area contributed by atoms with Gasteiger partial charge >= 0.3 is 0 Å². The summed E-state index contributed by atoms with van der Waals surface area (Å²) in [4.78, 5) is 12.9. The highest BCUT2D eigenvalue weighted by atomic mass is 19.1. The van der Waals surface area contributed by atoms with Crippen LogP contribution in [0.2, 0.25) is 0 Å². The molecular formula is C24H25FN2O3. The van der Waals surface area contributed by atoms with Crippen molar-refractivity contribution < 1.29 is 18.3 Å². The van der Waals surface area contributed by atoms with Gasteiger partial charge in [0.25, 0.3) is 5.91 Å². The molecule has 0 atom stereocenters. The van der Waals surface area contributed by atoms with E-state index in [1.807, 2.05) is 19.9 Å². The average molecular weight is 408 g/mol. The number of carbonyl (C=O) groups is 1. The molecule has 156 valence electrons. The monoisotopic (exact) mass is 408 g/mol. The summed E-state index contributed by atoms with van der Waals surface area (Å²) in [7, 11) is 1.58. The molecule has 2 heterocycles. The SMILES string of the molecule is CCC1=CCNc2c(OC(C)C)cc3c(C(=O)NC)c(-c4ccc(F)cc4)oc3c21. The largest absolute Gasteiger partial charge is 0.489 e. The summed E-state index contributed by atoms with van der Waals surface area (Å²) in [6.45, 7) is 6.72. The zero-order valence-corrected chi connectivity index (χ0v) is 17.6. The van der Waals surface area contributed by atoms with Crippen LogP contribution in [-0.2, 0) is 0 Å². The lowest BCUT2D eigenvalue weighted by molar-refractivity contribution is 0.0964. The predicted molar refractivity (Wildman–Crippen MR) is 118 cm³/mol. The van der Waals surface area contributed by atoms with Gasteiger partial charge in [-0.05, 0) is 56.2 Å². The first kappa shape index (κ1) is 20.0. The fourth-order valence-electron chi connectivity index (χ4n) is 3.89. The van der Waals surface area contributed by atoms with Crippen LogP contribution in [0.25, 0.3) is 27.9 Å². The zero-order chi connectivity index (χ0) is 21.4. The minimum Gasteiger partial charge on any atom is -0.489 e. The molecule has 0 radical (unpaired) electrons. The van der Waals surface area contributed by atoms with Gasteiger partial charge in [0.05, 0.1) is 17.4 Å². The van der Waals surface area contributed by atoms with Crippen LogP contribution in [0.4, 0.5) is 10.1 Å². The van der Waals surface area contributed by atoms with Gasteiger partial charge in [-0.3, -0.25) is 4.79 Å². The third-order valence-electron chi connectivity index (χ3n) is 5.20. The standard InChI is InChI=1S/C24H25FN2O3/c1-5-14-10-11-27-21-18(29-13(2)3)12-17-20(24(28)26-4)22(30-23(17)19(14)21)15-6-8-16(25)9-7-15/h6-10,12-13,27H,5,11H2,1-4H3,(H,26,28). The molecular weight excluding hydrogens is 383 g/mol. The Morgan fingerprint density at radius 2 is 2.03 bits per heavy atom. The van der Waals surface area contributed by atoms with Gasteiger partial charge in [-0.2, -0.15) is 0 Å². The quantitative estimate of drug-likeness (QED) is 0.576. The fourth-order valence-corrected chi connectivity index (χ4v) is 3.89. The van der Waals surface area contributed by atoms with Crippen molar-refractivity contribution in [2.75, 3.05) is 18.9 Å². The van der Waals surface area contributed by atoms with Gasteiger partial charge in [-0.15, -0.1) is 0 Å². The van der Waals surface area contributed by atoms with E-state index in [-0.39, 0.29) is 17.8 Å². The summed E-state index contributed by atoms with van der Waals surface area (Å²) in [5.74, 6) is 0.480. The van der Waals surface area contributed by atoms with Crippen molar-refractivity contribution in [2.45, 2.75) is 33.3 Å². The van der Waals surface area contributed by atoms with E-state index in [1.54, 1.807) is 19.2 Å². The molecule has 1 aliphatic heterocycles. The van der Waals surface area contributed by atoms with E-state index in [4.69, 9.17) is 9.15 Å². The van der Waals surface area contributed by atoms with E-state index >= 15 is 0 Å². The van der Waals surface area contributed by atoms with E-state index < -0.39 is 0 Å². The number of anilines is 1. The second kappa shape index (κ2) is 7.86. The third kappa shape index (κ3) is 3.32. The minimum absolute atomic E-state index is 0.0312. The summed E-state index contributed by atoms with van der Waals surface area (Å²) < 4.78 is 25.9. The molecule has 1 amide bonds. The number of hydrogen-bond acceptors (Lipinski definition) is 4. The predicted octanol–water partition coefficient (Wildman–Crippen LogP) is 5.60. The first-order chi connectivity index (χ1) is 14.4. The third-order valence-corrected chi connectivity index (χ3v) is 5.20. The van der Waals surface area contributed by atoms with Gasteiger partial charge in [0, 0.05) is 30.1 Å². The molecule has 3 aromatic rings. The Morgan fingerprint density at radius 3 is 2.67 bits per heavy atom. The van der Waals surface area contributed by atoms with E-state index in [0.29, 0.717) is 40.2 Å². The number of rotatable bonds is 5. The van der Waals surface area contributed by atoms with Crippen molar-refractivity contribution in [3.05, 3.63) is 53.4 Å². The number of amides is 1. The Balaban J connectivity index is 2.09. The Morgan fingerprint density at radius 1 is 1.30 bits per heavy atom. The molecule has 4 rings (SSSR count). The van der Waals surface area contributed by atoms with Crippen LogP contribution < -0.4 is 15.4 Å². The summed E-state index contributed by atoms with van der Waals surface area (Å²) >= 11 is 0. The lowest BCUT2D eigenvalue weighted by atomic mass is 9.94. The number of benzene rings is 2. The Kier molecular flexibility index (Phi) is 5.24. The number of nitrogens with one attached hydrogen (secondary N) is 2. The molecule has 30 heavy (non-hydrogen) atoms. The summed E-state index contributed by atoms with van der Waals surface area (Å²) in [5.41, 5.74) is 4.59. The van der Waals surface area contributed by atoms with Crippen LogP contribution in [0.15, 0.2) is 40.8 Å². The van der Waals surface area contributed by atoms with Crippen molar-refractivity contribution in [2.24, 2.45) is 0 Å². The summed E-state index contributed by atoms with van der Waals surface area (Å²) in [6, 6.07) is 7.81. The van der Waals surface area contributed by atoms with Gasteiger partial charge < -0.3 is 19.8 Å². The van der Waals surface area contributed by atoms with Crippen molar-refractivity contribution in [1.29, 1.82) is 0 Å². The Labute approximate surface area is 174 Å². The molecule has 6 heteroatoms. The first-order valence-electron chi connectivity index (χ1n) is 10.2. The number of carbonyl (C=O) groups excluding carboxylic acids is 1. The normalized spacial score (nSPS) is 13.1. The van der Waals surface area contributed by atoms with Gasteiger partial charge in [0.2, 0.25) is 0 Å². The Hall–Kier alpha value is -3.28. The molecule has 0 saturated carbocycles. The van der Waals surface area contributed by atoms with E-state index in [2.05, 4.69) is 23.6 Å². The molecule has 1 aliphatic rings. The van der Waals surface area contributed by atoms with Gasteiger partial charge in [0.1, 0.15) is 22.9 Å². The van der Waals surface area contributed by atoms with Crippen LogP contribution in [0.3, 0.4) is 0 Å². The molecule has 2 aromatic carbocycles. The van der Waals surface area contributed by atoms with E-state index in [0.717, 1.165) is 23.2 Å². The lowest BCUT2D eigenvalue weighted by Crippen LogP contribution is -2.18. The summed E-state index contributed by atoms with van der Waals surface area (Å²) in [5, 5.41) is 6.78. The molecule has 0 unspecified atom stereocenters. The number of fused-ring (bicyclic) bond motifs is 3. The molecule has 0 spiro atoms. The molecule has 0 aliphatic carbocycles. The first-order valence-corrected chi connectivity index (χ1v) is 10.2. The van der Waals surface area contributed by atoms with Crippen molar-refractivity contribution in [3.63, 3.8) is 0 Å². The van der Waals surface area contributed by atoms with Crippen LogP contribution in [-0.4, -0.2) is 25.6 Å². The molecule has 5 nitrogen and oxygen atoms in total. The molecule has 0 fully saturated rings. The smallest absolute Gasteiger partial charge is 0.255 e. The van der Waals surface area contributed by atoms with Gasteiger partial charge in [-0.25, -0.2) is 4.39 Å². The second-order valence-corrected chi connectivity index (χ2v) is 7.52. The number of furan rings is 1. The summed E-state index contributed by atoms with van der Waals surface area (Å²) in [6.07, 6.45) is 2.91. The number of hydrogen-bond donors (Lipinski definition) is 2. The second-order valence-electron chi connectivity index (χ2n) is 7.52. The molecule has 2 N–H and O–H groups in total. The maximum atomic E-state index is 13.5. The van der Waals surface area contributed by atoms with Gasteiger partial charge in [-0.1, -0.05) is 13.0 Å². The highest BCUT2D eigenvalue weighted by Gasteiger charge is 2.29. The number of halogens is 1. The molecule has 0 bridgehead atoms. The van der Waals surface area contributed by atoms with Crippen LogP contribution in [0, 0.1) is 5.82 Å². The van der Waals surface area contributed by atoms with Crippen molar-refractivity contribution in [1.82, 2.24) is 5.32 Å². The lowest BCUT2D eigenvalue weighted by Gasteiger charge is -2.23. The fraction of sp³-hybridized carbons (Fsp3) is 0.292. The topological polar surface area (TPSA) is 63.5 Å². The molecule has 1 aromatic heterocycles. The van der Waals surface area contributed by atoms with Crippen molar-refractivity contribution >= 4 is 28.1 Å². The number of ether oxygens (including phenoxy) is 1. The minimum atomic E-state index is -0.346. The Bertz CT molecular complexity index is 1140. The zero-order valence-electron chi connectivity index (χ0n) is 17.6. The van der Waals surface area contributed by atoms with E-state index in [9.17, 15) is 9.18 Å². The van der Waals surface area contributed by atoms with Crippen molar-refractivity contribution in [3.8, 4) is 17.1 Å². The van der Waals surface area contributed by atoms with Gasteiger partial charge in [0.15, 0.2) is 0 Å². The van der Waals surface area contributed by atoms with Crippen LogP contribution >= 0.6 is 0 Å². The number of allylic oxidation sites excluding steroid dienone is 1. The maximum absolute atomic E-state index is 13.5. The van der Waals surface area contributed by atoms with E-state index in [1.165, 1.54) is 12.1 Å². The highest BCUT2D eigenvalue weighted by Crippen LogP contribution is 2.46. The van der Waals surface area contributed by atoms with Crippen LogP contribution in [0.5, 0.6) is 5.75 Å². The maximum Gasteiger partial charge on any atom is 0.255 e. The average Bonchev–Trinajstić information content (AvgIpc) is 3.12.